The molecule has 0 bridgehead atoms. The maximum atomic E-state index is 11.5. The Balaban J connectivity index is 2.29. The first-order chi connectivity index (χ1) is 6.24. The highest BCUT2D eigenvalue weighted by molar-refractivity contribution is 5.78. The molecule has 1 fully saturated rings. The molecule has 0 unspecified atom stereocenters. The zero-order valence-corrected chi connectivity index (χ0v) is 8.25. The van der Waals surface area contributed by atoms with Crippen LogP contribution in [0.1, 0.15) is 39.0 Å². The molecule has 1 aliphatic rings. The van der Waals surface area contributed by atoms with E-state index in [4.69, 9.17) is 5.11 Å². The molecule has 3 heteroatoms. The van der Waals surface area contributed by atoms with Crippen LogP contribution in [0.15, 0.2) is 0 Å². The molecule has 0 heterocycles. The number of carbonyl (C=O) groups excluding carboxylic acids is 1. The van der Waals surface area contributed by atoms with Gasteiger partial charge in [0.25, 0.3) is 0 Å². The first-order valence-electron chi connectivity index (χ1n) is 5.15. The maximum absolute atomic E-state index is 11.5. The van der Waals surface area contributed by atoms with Crippen molar-refractivity contribution in [2.75, 3.05) is 6.61 Å². The van der Waals surface area contributed by atoms with Crippen molar-refractivity contribution in [2.45, 2.75) is 45.1 Å². The highest BCUT2D eigenvalue weighted by atomic mass is 16.3. The molecule has 1 rings (SSSR count). The smallest absolute Gasteiger partial charge is 0.223 e. The van der Waals surface area contributed by atoms with Crippen LogP contribution in [-0.2, 0) is 4.79 Å². The molecule has 0 radical (unpaired) electrons. The van der Waals surface area contributed by atoms with Crippen LogP contribution in [0.3, 0.4) is 0 Å². The third-order valence-corrected chi connectivity index (χ3v) is 2.64. The van der Waals surface area contributed by atoms with Crippen molar-refractivity contribution < 1.29 is 9.90 Å². The molecular formula is C10H19NO2. The Morgan fingerprint density at radius 1 is 1.46 bits per heavy atom. The summed E-state index contributed by atoms with van der Waals surface area (Å²) in [6, 6.07) is -0.102. The van der Waals surface area contributed by atoms with Crippen molar-refractivity contribution in [2.24, 2.45) is 5.92 Å². The van der Waals surface area contributed by atoms with E-state index in [0.717, 1.165) is 12.8 Å². The van der Waals surface area contributed by atoms with Gasteiger partial charge in [0.15, 0.2) is 0 Å². The van der Waals surface area contributed by atoms with E-state index in [-0.39, 0.29) is 24.5 Å². The quantitative estimate of drug-likeness (QED) is 0.691. The summed E-state index contributed by atoms with van der Waals surface area (Å²) in [5.74, 6) is 0.323. The Morgan fingerprint density at radius 3 is 2.62 bits per heavy atom. The van der Waals surface area contributed by atoms with Crippen molar-refractivity contribution in [3.8, 4) is 0 Å². The second kappa shape index (κ2) is 5.22. The van der Waals surface area contributed by atoms with Gasteiger partial charge < -0.3 is 10.4 Å². The summed E-state index contributed by atoms with van der Waals surface area (Å²) in [5.41, 5.74) is 0. The molecule has 0 aliphatic heterocycles. The summed E-state index contributed by atoms with van der Waals surface area (Å²) < 4.78 is 0. The average molecular weight is 185 g/mol. The summed E-state index contributed by atoms with van der Waals surface area (Å²) >= 11 is 0. The fourth-order valence-electron chi connectivity index (χ4n) is 1.77. The Bertz CT molecular complexity index is 164. The zero-order valence-electron chi connectivity index (χ0n) is 8.25. The summed E-state index contributed by atoms with van der Waals surface area (Å²) in [4.78, 5) is 11.5. The van der Waals surface area contributed by atoms with Gasteiger partial charge in [-0.05, 0) is 19.8 Å². The number of carbonyl (C=O) groups is 1. The highest BCUT2D eigenvalue weighted by Crippen LogP contribution is 2.23. The average Bonchev–Trinajstić information content (AvgIpc) is 2.19. The molecule has 1 amide bonds. The van der Waals surface area contributed by atoms with Crippen LogP contribution in [0.2, 0.25) is 0 Å². The topological polar surface area (TPSA) is 49.3 Å². The molecule has 0 aromatic carbocycles. The molecule has 0 aromatic rings. The van der Waals surface area contributed by atoms with Gasteiger partial charge in [0.2, 0.25) is 5.91 Å². The Morgan fingerprint density at radius 2 is 2.08 bits per heavy atom. The minimum absolute atomic E-state index is 0.0262. The van der Waals surface area contributed by atoms with Crippen molar-refractivity contribution >= 4 is 5.91 Å². The molecule has 0 spiro atoms. The summed E-state index contributed by atoms with van der Waals surface area (Å²) in [6.07, 6.45) is 5.64. The fourth-order valence-corrected chi connectivity index (χ4v) is 1.77. The molecule has 0 saturated heterocycles. The van der Waals surface area contributed by atoms with Crippen molar-refractivity contribution in [1.82, 2.24) is 5.32 Å². The molecule has 2 N–H and O–H groups in total. The van der Waals surface area contributed by atoms with E-state index in [2.05, 4.69) is 5.32 Å². The largest absolute Gasteiger partial charge is 0.394 e. The zero-order chi connectivity index (χ0) is 9.68. The van der Waals surface area contributed by atoms with E-state index in [1.807, 2.05) is 6.92 Å². The number of rotatable bonds is 3. The van der Waals surface area contributed by atoms with E-state index in [0.29, 0.717) is 0 Å². The maximum Gasteiger partial charge on any atom is 0.223 e. The number of aliphatic hydroxyl groups excluding tert-OH is 1. The second-order valence-corrected chi connectivity index (χ2v) is 3.93. The van der Waals surface area contributed by atoms with Crippen LogP contribution < -0.4 is 5.32 Å². The van der Waals surface area contributed by atoms with Gasteiger partial charge in [0.05, 0.1) is 6.61 Å². The third-order valence-electron chi connectivity index (χ3n) is 2.64. The predicted molar refractivity (Wildman–Crippen MR) is 51.3 cm³/mol. The molecular weight excluding hydrogens is 166 g/mol. The number of hydrogen-bond donors (Lipinski definition) is 2. The standard InChI is InChI=1S/C10H19NO2/c1-8(7-12)11-10(13)9-5-3-2-4-6-9/h8-9,12H,2-7H2,1H3,(H,11,13)/t8-/m1/s1. The Hall–Kier alpha value is -0.570. The lowest BCUT2D eigenvalue weighted by Crippen LogP contribution is -2.39. The number of amides is 1. The minimum atomic E-state index is -0.102. The van der Waals surface area contributed by atoms with Crippen molar-refractivity contribution in [3.05, 3.63) is 0 Å². The lowest BCUT2D eigenvalue weighted by Gasteiger charge is -2.22. The first kappa shape index (κ1) is 10.5. The van der Waals surface area contributed by atoms with Crippen LogP contribution in [0.25, 0.3) is 0 Å². The van der Waals surface area contributed by atoms with E-state index < -0.39 is 0 Å². The molecule has 1 aliphatic carbocycles. The summed E-state index contributed by atoms with van der Waals surface area (Å²) in [5, 5.41) is 11.6. The van der Waals surface area contributed by atoms with E-state index in [1.54, 1.807) is 0 Å². The summed E-state index contributed by atoms with van der Waals surface area (Å²) in [6.45, 7) is 1.85. The van der Waals surface area contributed by atoms with Gasteiger partial charge >= 0.3 is 0 Å². The van der Waals surface area contributed by atoms with E-state index in [9.17, 15) is 4.79 Å². The third kappa shape index (κ3) is 3.35. The van der Waals surface area contributed by atoms with Gasteiger partial charge in [-0.2, -0.15) is 0 Å². The molecule has 3 nitrogen and oxygen atoms in total. The fraction of sp³-hybridized carbons (Fsp3) is 0.900. The normalized spacial score (nSPS) is 21.1. The highest BCUT2D eigenvalue weighted by Gasteiger charge is 2.21. The predicted octanol–water partition coefficient (Wildman–Crippen LogP) is 1.06. The van der Waals surface area contributed by atoms with Crippen LogP contribution in [-0.4, -0.2) is 23.7 Å². The van der Waals surface area contributed by atoms with Crippen LogP contribution in [0, 0.1) is 5.92 Å². The van der Waals surface area contributed by atoms with Crippen LogP contribution >= 0.6 is 0 Å². The molecule has 0 aromatic heterocycles. The molecule has 1 atom stereocenters. The van der Waals surface area contributed by atoms with E-state index in [1.165, 1.54) is 19.3 Å². The second-order valence-electron chi connectivity index (χ2n) is 3.93. The van der Waals surface area contributed by atoms with Crippen molar-refractivity contribution in [1.29, 1.82) is 0 Å². The van der Waals surface area contributed by atoms with Crippen LogP contribution in [0.4, 0.5) is 0 Å². The Labute approximate surface area is 79.5 Å². The monoisotopic (exact) mass is 185 g/mol. The van der Waals surface area contributed by atoms with Gasteiger partial charge in [-0.1, -0.05) is 19.3 Å². The van der Waals surface area contributed by atoms with Gasteiger partial charge in [-0.25, -0.2) is 0 Å². The number of nitrogens with one attached hydrogen (secondary N) is 1. The molecule has 1 saturated carbocycles. The lowest BCUT2D eigenvalue weighted by molar-refractivity contribution is -0.126. The number of aliphatic hydroxyl groups is 1. The minimum Gasteiger partial charge on any atom is -0.394 e. The lowest BCUT2D eigenvalue weighted by atomic mass is 9.88. The van der Waals surface area contributed by atoms with Gasteiger partial charge in [-0.3, -0.25) is 4.79 Å². The van der Waals surface area contributed by atoms with Gasteiger partial charge in [0.1, 0.15) is 0 Å². The molecule has 13 heavy (non-hydrogen) atoms. The Kier molecular flexibility index (Phi) is 4.22. The van der Waals surface area contributed by atoms with Crippen LogP contribution in [0.5, 0.6) is 0 Å². The van der Waals surface area contributed by atoms with Gasteiger partial charge in [-0.15, -0.1) is 0 Å². The molecule has 76 valence electrons. The van der Waals surface area contributed by atoms with Gasteiger partial charge in [0, 0.05) is 12.0 Å². The summed E-state index contributed by atoms with van der Waals surface area (Å²) in [7, 11) is 0. The van der Waals surface area contributed by atoms with Crippen molar-refractivity contribution in [3.63, 3.8) is 0 Å². The number of hydrogen-bond acceptors (Lipinski definition) is 2. The SMILES string of the molecule is C[C@H](CO)NC(=O)C1CCCCC1. The van der Waals surface area contributed by atoms with E-state index >= 15 is 0 Å². The first-order valence-corrected chi connectivity index (χ1v) is 5.15.